The van der Waals surface area contributed by atoms with E-state index in [1.54, 1.807) is 0 Å². The molecule has 2 aromatic carbocycles. The molecule has 0 radical (unpaired) electrons. The second-order valence-corrected chi connectivity index (χ2v) is 5.80. The molecular weight excluding hydrogens is 254 g/mol. The average Bonchev–Trinajstić information content (AvgIpc) is 2.86. The summed E-state index contributed by atoms with van der Waals surface area (Å²) >= 11 is 0. The van der Waals surface area contributed by atoms with Crippen molar-refractivity contribution in [1.29, 1.82) is 0 Å². The van der Waals surface area contributed by atoms with Gasteiger partial charge < -0.3 is 4.57 Å². The second-order valence-electron chi connectivity index (χ2n) is 5.80. The molecule has 0 saturated heterocycles. The third kappa shape index (κ3) is 2.87. The van der Waals surface area contributed by atoms with Crippen molar-refractivity contribution >= 4 is 10.9 Å². The predicted molar refractivity (Wildman–Crippen MR) is 91.6 cm³/mol. The van der Waals surface area contributed by atoms with Crippen molar-refractivity contribution in [2.75, 3.05) is 0 Å². The number of unbranched alkanes of at least 4 members (excludes halogenated alkanes) is 2. The van der Waals surface area contributed by atoms with E-state index in [4.69, 9.17) is 0 Å². The summed E-state index contributed by atoms with van der Waals surface area (Å²) in [7, 11) is 2.15. The summed E-state index contributed by atoms with van der Waals surface area (Å²) in [6.07, 6.45) is 5.10. The van der Waals surface area contributed by atoms with Gasteiger partial charge in [-0.15, -0.1) is 0 Å². The molecule has 0 amide bonds. The molecule has 1 heterocycles. The molecule has 0 aliphatic heterocycles. The van der Waals surface area contributed by atoms with E-state index in [-0.39, 0.29) is 0 Å². The van der Waals surface area contributed by atoms with Crippen LogP contribution in [0.4, 0.5) is 0 Å². The van der Waals surface area contributed by atoms with E-state index in [1.807, 2.05) is 0 Å². The number of fused-ring (bicyclic) bond motifs is 1. The van der Waals surface area contributed by atoms with Crippen LogP contribution in [0.3, 0.4) is 0 Å². The summed E-state index contributed by atoms with van der Waals surface area (Å²) < 4.78 is 2.28. The van der Waals surface area contributed by atoms with E-state index in [0.717, 1.165) is 0 Å². The van der Waals surface area contributed by atoms with Crippen molar-refractivity contribution in [1.82, 2.24) is 4.57 Å². The lowest BCUT2D eigenvalue weighted by molar-refractivity contribution is 0.717. The number of nitrogens with zero attached hydrogens (tertiary/aromatic N) is 1. The van der Waals surface area contributed by atoms with Crippen LogP contribution >= 0.6 is 0 Å². The van der Waals surface area contributed by atoms with Gasteiger partial charge in [0.25, 0.3) is 0 Å². The Morgan fingerprint density at radius 2 is 1.67 bits per heavy atom. The summed E-state index contributed by atoms with van der Waals surface area (Å²) in [5.74, 6) is 0. The Balaban J connectivity index is 1.87. The zero-order valence-electron chi connectivity index (χ0n) is 13.0. The third-order valence-corrected chi connectivity index (χ3v) is 4.27. The van der Waals surface area contributed by atoms with E-state index >= 15 is 0 Å². The zero-order valence-corrected chi connectivity index (χ0v) is 13.0. The lowest BCUT2D eigenvalue weighted by atomic mass is 10.0. The van der Waals surface area contributed by atoms with Crippen molar-refractivity contribution in [3.05, 3.63) is 60.2 Å². The highest BCUT2D eigenvalue weighted by Gasteiger charge is 2.07. The first-order valence-corrected chi connectivity index (χ1v) is 7.93. The SMILES string of the molecule is CCCCCc1ccc(-c2cc3ccccc3n2C)cc1. The van der Waals surface area contributed by atoms with Gasteiger partial charge in [-0.3, -0.25) is 0 Å². The van der Waals surface area contributed by atoms with Crippen LogP contribution in [0.5, 0.6) is 0 Å². The zero-order chi connectivity index (χ0) is 14.7. The Kier molecular flexibility index (Phi) is 4.10. The van der Waals surface area contributed by atoms with Gasteiger partial charge in [0.2, 0.25) is 0 Å². The fourth-order valence-electron chi connectivity index (χ4n) is 2.99. The monoisotopic (exact) mass is 277 g/mol. The van der Waals surface area contributed by atoms with E-state index < -0.39 is 0 Å². The van der Waals surface area contributed by atoms with Crippen LogP contribution < -0.4 is 0 Å². The van der Waals surface area contributed by atoms with Crippen molar-refractivity contribution < 1.29 is 0 Å². The van der Waals surface area contributed by atoms with E-state index in [0.29, 0.717) is 0 Å². The number of aryl methyl sites for hydroxylation is 2. The van der Waals surface area contributed by atoms with Gasteiger partial charge in [0.15, 0.2) is 0 Å². The van der Waals surface area contributed by atoms with Crippen LogP contribution in [0.15, 0.2) is 54.6 Å². The number of benzene rings is 2. The molecule has 0 bridgehead atoms. The first-order chi connectivity index (χ1) is 10.3. The Hall–Kier alpha value is -2.02. The molecule has 0 saturated carbocycles. The number of aromatic nitrogens is 1. The summed E-state index contributed by atoms with van der Waals surface area (Å²) in [5, 5.41) is 1.31. The van der Waals surface area contributed by atoms with Crippen LogP contribution in [-0.4, -0.2) is 4.57 Å². The molecule has 1 nitrogen and oxygen atoms in total. The molecule has 1 heteroatoms. The maximum absolute atomic E-state index is 2.28. The van der Waals surface area contributed by atoms with Crippen LogP contribution in [0, 0.1) is 0 Å². The third-order valence-electron chi connectivity index (χ3n) is 4.27. The summed E-state index contributed by atoms with van der Waals surface area (Å²) in [4.78, 5) is 0. The number of rotatable bonds is 5. The van der Waals surface area contributed by atoms with Gasteiger partial charge in [-0.25, -0.2) is 0 Å². The lowest BCUT2D eigenvalue weighted by Gasteiger charge is -2.06. The molecule has 0 N–H and O–H groups in total. The topological polar surface area (TPSA) is 4.93 Å². The van der Waals surface area contributed by atoms with Crippen molar-refractivity contribution in [3.63, 3.8) is 0 Å². The van der Waals surface area contributed by atoms with Crippen LogP contribution in [0.1, 0.15) is 31.7 Å². The van der Waals surface area contributed by atoms with Crippen molar-refractivity contribution in [3.8, 4) is 11.3 Å². The summed E-state index contributed by atoms with van der Waals surface area (Å²) in [6.45, 7) is 2.25. The molecule has 21 heavy (non-hydrogen) atoms. The minimum atomic E-state index is 1.20. The van der Waals surface area contributed by atoms with Gasteiger partial charge in [0.1, 0.15) is 0 Å². The Morgan fingerprint density at radius 3 is 2.38 bits per heavy atom. The molecule has 0 aliphatic carbocycles. The number of hydrogen-bond acceptors (Lipinski definition) is 0. The maximum Gasteiger partial charge on any atom is 0.0488 e. The molecular formula is C20H23N. The molecule has 108 valence electrons. The van der Waals surface area contributed by atoms with Crippen LogP contribution in [0.2, 0.25) is 0 Å². The predicted octanol–water partition coefficient (Wildman–Crippen LogP) is 5.58. The Labute approximate surface area is 127 Å². The normalized spacial score (nSPS) is 11.1. The first kappa shape index (κ1) is 13.9. The standard InChI is InChI=1S/C20H23N/c1-3-4-5-8-16-11-13-17(14-12-16)20-15-18-9-6-7-10-19(18)21(20)2/h6-7,9-15H,3-5,8H2,1-2H3. The highest BCUT2D eigenvalue weighted by molar-refractivity contribution is 5.86. The molecule has 0 fully saturated rings. The molecule has 1 aromatic heterocycles. The number of para-hydroxylation sites is 1. The molecule has 3 aromatic rings. The Bertz CT molecular complexity index is 719. The van der Waals surface area contributed by atoms with Gasteiger partial charge in [-0.1, -0.05) is 62.2 Å². The fraction of sp³-hybridized carbons (Fsp3) is 0.300. The van der Waals surface area contributed by atoms with Crippen molar-refractivity contribution in [2.45, 2.75) is 32.6 Å². The van der Waals surface area contributed by atoms with Gasteiger partial charge in [0.05, 0.1) is 0 Å². The van der Waals surface area contributed by atoms with E-state index in [9.17, 15) is 0 Å². The first-order valence-electron chi connectivity index (χ1n) is 7.93. The van der Waals surface area contributed by atoms with E-state index in [1.165, 1.54) is 53.4 Å². The minimum absolute atomic E-state index is 1.20. The molecule has 0 spiro atoms. The summed E-state index contributed by atoms with van der Waals surface area (Å²) in [5.41, 5.74) is 5.33. The largest absolute Gasteiger partial charge is 0.344 e. The Morgan fingerprint density at radius 1 is 0.905 bits per heavy atom. The fourth-order valence-corrected chi connectivity index (χ4v) is 2.99. The molecule has 0 unspecified atom stereocenters. The van der Waals surface area contributed by atoms with Crippen LogP contribution in [0.25, 0.3) is 22.2 Å². The molecule has 3 rings (SSSR count). The summed E-state index contributed by atoms with van der Waals surface area (Å²) in [6, 6.07) is 19.9. The van der Waals surface area contributed by atoms with Gasteiger partial charge in [0, 0.05) is 23.6 Å². The lowest BCUT2D eigenvalue weighted by Crippen LogP contribution is -1.91. The molecule has 0 atom stereocenters. The van der Waals surface area contributed by atoms with E-state index in [2.05, 4.69) is 73.1 Å². The van der Waals surface area contributed by atoms with Gasteiger partial charge in [-0.2, -0.15) is 0 Å². The minimum Gasteiger partial charge on any atom is -0.344 e. The molecule has 0 aliphatic rings. The van der Waals surface area contributed by atoms with Gasteiger partial charge in [-0.05, 0) is 36.1 Å². The smallest absolute Gasteiger partial charge is 0.0488 e. The quantitative estimate of drug-likeness (QED) is 0.537. The highest BCUT2D eigenvalue weighted by Crippen LogP contribution is 2.27. The van der Waals surface area contributed by atoms with Crippen LogP contribution in [-0.2, 0) is 13.5 Å². The second kappa shape index (κ2) is 6.17. The number of hydrogen-bond donors (Lipinski definition) is 0. The maximum atomic E-state index is 2.28. The van der Waals surface area contributed by atoms with Crippen molar-refractivity contribution in [2.24, 2.45) is 7.05 Å². The van der Waals surface area contributed by atoms with Gasteiger partial charge >= 0.3 is 0 Å². The average molecular weight is 277 g/mol. The highest BCUT2D eigenvalue weighted by atomic mass is 14.9.